The fourth-order valence-corrected chi connectivity index (χ4v) is 3.63. The van der Waals surface area contributed by atoms with Crippen molar-refractivity contribution < 1.29 is 14.3 Å². The molecule has 2 aromatic rings. The van der Waals surface area contributed by atoms with Crippen molar-refractivity contribution in [2.24, 2.45) is 5.73 Å². The molecule has 0 aromatic heterocycles. The third-order valence-electron chi connectivity index (χ3n) is 4.25. The number of nitrogens with zero attached hydrogens (tertiary/aromatic N) is 1. The van der Waals surface area contributed by atoms with E-state index in [-0.39, 0.29) is 22.9 Å². The number of amides is 2. The van der Waals surface area contributed by atoms with Crippen LogP contribution >= 0.6 is 11.8 Å². The van der Waals surface area contributed by atoms with Crippen LogP contribution in [0.25, 0.3) is 10.8 Å². The van der Waals surface area contributed by atoms with E-state index in [0.29, 0.717) is 13.2 Å². The van der Waals surface area contributed by atoms with Gasteiger partial charge < -0.3 is 10.5 Å². The van der Waals surface area contributed by atoms with Gasteiger partial charge in [-0.25, -0.2) is 0 Å². The summed E-state index contributed by atoms with van der Waals surface area (Å²) >= 11 is 1.08. The zero-order valence-electron chi connectivity index (χ0n) is 14.0. The SMILES string of the molecule is NC(CCCCN1C(=O)CSC1=O)COc1cccc2ccccc12. The average Bonchev–Trinajstić information content (AvgIpc) is 2.95. The highest BCUT2D eigenvalue weighted by Crippen LogP contribution is 2.25. The van der Waals surface area contributed by atoms with Gasteiger partial charge in [0.25, 0.3) is 5.24 Å². The van der Waals surface area contributed by atoms with Gasteiger partial charge in [0, 0.05) is 18.0 Å². The third-order valence-corrected chi connectivity index (χ3v) is 5.11. The zero-order valence-corrected chi connectivity index (χ0v) is 14.8. The molecule has 1 fully saturated rings. The maximum atomic E-state index is 11.5. The number of fused-ring (bicyclic) bond motifs is 1. The first-order chi connectivity index (χ1) is 12.1. The van der Waals surface area contributed by atoms with Crippen molar-refractivity contribution in [3.63, 3.8) is 0 Å². The Kier molecular flexibility index (Phi) is 5.94. The van der Waals surface area contributed by atoms with Crippen molar-refractivity contribution in [1.29, 1.82) is 0 Å². The van der Waals surface area contributed by atoms with Gasteiger partial charge in [0.05, 0.1) is 5.75 Å². The van der Waals surface area contributed by atoms with Crippen molar-refractivity contribution >= 4 is 33.7 Å². The van der Waals surface area contributed by atoms with Crippen LogP contribution in [-0.2, 0) is 4.79 Å². The van der Waals surface area contributed by atoms with Crippen LogP contribution in [0.4, 0.5) is 4.79 Å². The largest absolute Gasteiger partial charge is 0.491 e. The highest BCUT2D eigenvalue weighted by Gasteiger charge is 2.28. The minimum Gasteiger partial charge on any atom is -0.491 e. The molecular weight excluding hydrogens is 336 g/mol. The number of hydrogen-bond donors (Lipinski definition) is 1. The van der Waals surface area contributed by atoms with Crippen molar-refractivity contribution in [3.8, 4) is 5.75 Å². The summed E-state index contributed by atoms with van der Waals surface area (Å²) in [5.74, 6) is 1.04. The predicted octanol–water partition coefficient (Wildman–Crippen LogP) is 3.41. The Labute approximate surface area is 151 Å². The summed E-state index contributed by atoms with van der Waals surface area (Å²) < 4.78 is 5.90. The Balaban J connectivity index is 1.41. The molecule has 0 spiro atoms. The van der Waals surface area contributed by atoms with Crippen molar-refractivity contribution in [2.75, 3.05) is 18.9 Å². The van der Waals surface area contributed by atoms with Gasteiger partial charge in [0.1, 0.15) is 12.4 Å². The van der Waals surface area contributed by atoms with E-state index in [0.717, 1.165) is 47.5 Å². The second kappa shape index (κ2) is 8.36. The smallest absolute Gasteiger partial charge is 0.288 e. The van der Waals surface area contributed by atoms with Gasteiger partial charge in [-0.1, -0.05) is 54.6 Å². The maximum absolute atomic E-state index is 11.5. The van der Waals surface area contributed by atoms with E-state index < -0.39 is 0 Å². The quantitative estimate of drug-likeness (QED) is 0.732. The highest BCUT2D eigenvalue weighted by molar-refractivity contribution is 8.14. The van der Waals surface area contributed by atoms with Gasteiger partial charge in [-0.15, -0.1) is 0 Å². The third kappa shape index (κ3) is 4.52. The Morgan fingerprint density at radius 1 is 1.12 bits per heavy atom. The number of unbranched alkanes of at least 4 members (excludes halogenated alkanes) is 1. The molecule has 1 heterocycles. The monoisotopic (exact) mass is 358 g/mol. The number of rotatable bonds is 8. The molecule has 0 aliphatic carbocycles. The fraction of sp³-hybridized carbons (Fsp3) is 0.368. The van der Waals surface area contributed by atoms with E-state index in [1.807, 2.05) is 30.3 Å². The molecule has 3 rings (SSSR count). The van der Waals surface area contributed by atoms with Crippen molar-refractivity contribution in [2.45, 2.75) is 25.3 Å². The van der Waals surface area contributed by atoms with E-state index in [1.54, 1.807) is 0 Å². The molecule has 2 N–H and O–H groups in total. The lowest BCUT2D eigenvalue weighted by Gasteiger charge is -2.16. The standard InChI is InChI=1S/C19H22N2O3S/c20-15(8-3-4-11-21-18(22)13-25-19(21)23)12-24-17-10-5-7-14-6-1-2-9-16(14)17/h1-2,5-7,9-10,15H,3-4,8,11-13,20H2. The number of benzene rings is 2. The molecule has 5 nitrogen and oxygen atoms in total. The normalized spacial score (nSPS) is 15.8. The molecule has 0 radical (unpaired) electrons. The van der Waals surface area contributed by atoms with Crippen molar-refractivity contribution in [3.05, 3.63) is 42.5 Å². The number of carbonyl (C=O) groups is 2. The van der Waals surface area contributed by atoms with E-state index >= 15 is 0 Å². The Bertz CT molecular complexity index is 744. The van der Waals surface area contributed by atoms with E-state index in [1.165, 1.54) is 4.90 Å². The molecule has 0 bridgehead atoms. The first-order valence-electron chi connectivity index (χ1n) is 8.48. The van der Waals surface area contributed by atoms with Gasteiger partial charge in [0.2, 0.25) is 5.91 Å². The van der Waals surface area contributed by atoms with E-state index in [9.17, 15) is 9.59 Å². The molecule has 1 atom stereocenters. The second-order valence-electron chi connectivity index (χ2n) is 6.14. The van der Waals surface area contributed by atoms with Crippen LogP contribution in [0, 0.1) is 0 Å². The number of thioether (sulfide) groups is 1. The first kappa shape index (κ1) is 17.8. The summed E-state index contributed by atoms with van der Waals surface area (Å²) in [4.78, 5) is 24.4. The van der Waals surface area contributed by atoms with Crippen LogP contribution in [0.5, 0.6) is 5.75 Å². The van der Waals surface area contributed by atoms with Crippen molar-refractivity contribution in [1.82, 2.24) is 4.90 Å². The van der Waals surface area contributed by atoms with Crippen LogP contribution in [0.3, 0.4) is 0 Å². The van der Waals surface area contributed by atoms with Gasteiger partial charge in [0.15, 0.2) is 0 Å². The molecule has 1 unspecified atom stereocenters. The topological polar surface area (TPSA) is 72.6 Å². The Morgan fingerprint density at radius 2 is 1.92 bits per heavy atom. The molecule has 132 valence electrons. The lowest BCUT2D eigenvalue weighted by Crippen LogP contribution is -2.31. The number of carbonyl (C=O) groups excluding carboxylic acids is 2. The summed E-state index contributed by atoms with van der Waals surface area (Å²) in [6, 6.07) is 14.0. The number of nitrogens with two attached hydrogens (primary N) is 1. The molecule has 25 heavy (non-hydrogen) atoms. The lowest BCUT2D eigenvalue weighted by atomic mass is 10.1. The van der Waals surface area contributed by atoms with Gasteiger partial charge in [-0.3, -0.25) is 14.5 Å². The molecule has 6 heteroatoms. The number of hydrogen-bond acceptors (Lipinski definition) is 5. The Hall–Kier alpha value is -2.05. The van der Waals surface area contributed by atoms with Crippen LogP contribution in [0.15, 0.2) is 42.5 Å². The van der Waals surface area contributed by atoms with Crippen LogP contribution in [0.2, 0.25) is 0 Å². The molecule has 2 amide bonds. The molecule has 2 aromatic carbocycles. The Morgan fingerprint density at radius 3 is 2.72 bits per heavy atom. The lowest BCUT2D eigenvalue weighted by molar-refractivity contribution is -0.124. The maximum Gasteiger partial charge on any atom is 0.288 e. The predicted molar refractivity (Wildman–Crippen MR) is 101 cm³/mol. The zero-order chi connectivity index (χ0) is 17.6. The molecular formula is C19H22N2O3S. The minimum atomic E-state index is -0.131. The number of imide groups is 1. The van der Waals surface area contributed by atoms with E-state index in [2.05, 4.69) is 12.1 Å². The van der Waals surface area contributed by atoms with Gasteiger partial charge >= 0.3 is 0 Å². The average molecular weight is 358 g/mol. The minimum absolute atomic E-state index is 0.0710. The van der Waals surface area contributed by atoms with E-state index in [4.69, 9.17) is 10.5 Å². The fourth-order valence-electron chi connectivity index (χ4n) is 2.88. The summed E-state index contributed by atoms with van der Waals surface area (Å²) in [5.41, 5.74) is 6.14. The van der Waals surface area contributed by atoms with Crippen LogP contribution in [-0.4, -0.2) is 41.0 Å². The molecule has 0 saturated carbocycles. The van der Waals surface area contributed by atoms with Crippen LogP contribution in [0.1, 0.15) is 19.3 Å². The molecule has 1 saturated heterocycles. The van der Waals surface area contributed by atoms with Crippen LogP contribution < -0.4 is 10.5 Å². The second-order valence-corrected chi connectivity index (χ2v) is 7.07. The van der Waals surface area contributed by atoms with Gasteiger partial charge in [-0.05, 0) is 24.3 Å². The summed E-state index contributed by atoms with van der Waals surface area (Å²) in [5, 5.41) is 2.10. The summed E-state index contributed by atoms with van der Waals surface area (Å²) in [7, 11) is 0. The summed E-state index contributed by atoms with van der Waals surface area (Å²) in [6.45, 7) is 0.938. The summed E-state index contributed by atoms with van der Waals surface area (Å²) in [6.07, 6.45) is 2.44. The van der Waals surface area contributed by atoms with Gasteiger partial charge in [-0.2, -0.15) is 0 Å². The molecule has 1 aliphatic heterocycles. The highest BCUT2D eigenvalue weighted by atomic mass is 32.2. The first-order valence-corrected chi connectivity index (χ1v) is 9.47. The number of ether oxygens (including phenoxy) is 1. The molecule has 1 aliphatic rings.